The van der Waals surface area contributed by atoms with E-state index in [9.17, 15) is 0 Å². The van der Waals surface area contributed by atoms with Crippen molar-refractivity contribution in [2.24, 2.45) is 0 Å². The van der Waals surface area contributed by atoms with Gasteiger partial charge < -0.3 is 14.6 Å². The van der Waals surface area contributed by atoms with Crippen molar-refractivity contribution in [1.82, 2.24) is 14.5 Å². The lowest BCUT2D eigenvalue weighted by Crippen LogP contribution is -2.13. The Kier molecular flexibility index (Phi) is 6.04. The van der Waals surface area contributed by atoms with Crippen LogP contribution < -0.4 is 5.32 Å². The molecule has 0 aromatic carbocycles. The average Bonchev–Trinajstić information content (AvgIpc) is 3.00. The van der Waals surface area contributed by atoms with Crippen LogP contribution in [-0.4, -0.2) is 35.3 Å². The van der Waals surface area contributed by atoms with E-state index in [-0.39, 0.29) is 0 Å². The van der Waals surface area contributed by atoms with E-state index < -0.39 is 0 Å². The molecule has 150 valence electrons. The SMILES string of the molecule is CC[C@H](COC)n1cc(C)c2nc(-c3ccc(C(C)C)nc3NC)c(C)cc21. The van der Waals surface area contributed by atoms with Crippen LogP contribution in [0, 0.1) is 13.8 Å². The average molecular weight is 381 g/mol. The first-order chi connectivity index (χ1) is 13.4. The summed E-state index contributed by atoms with van der Waals surface area (Å²) in [5.41, 5.74) is 7.66. The lowest BCUT2D eigenvalue weighted by atomic mass is 10.0. The van der Waals surface area contributed by atoms with Gasteiger partial charge in [0.2, 0.25) is 0 Å². The van der Waals surface area contributed by atoms with Crippen LogP contribution in [0.3, 0.4) is 0 Å². The molecule has 5 nitrogen and oxygen atoms in total. The Balaban J connectivity index is 2.17. The summed E-state index contributed by atoms with van der Waals surface area (Å²) in [4.78, 5) is 9.89. The van der Waals surface area contributed by atoms with Crippen LogP contribution in [0.25, 0.3) is 22.3 Å². The van der Waals surface area contributed by atoms with Gasteiger partial charge in [0, 0.05) is 31.6 Å². The molecule has 0 saturated carbocycles. The van der Waals surface area contributed by atoms with E-state index in [2.05, 4.69) is 68.9 Å². The fourth-order valence-electron chi connectivity index (χ4n) is 3.76. The number of rotatable bonds is 7. The summed E-state index contributed by atoms with van der Waals surface area (Å²) in [7, 11) is 3.68. The Morgan fingerprint density at radius 3 is 2.50 bits per heavy atom. The minimum Gasteiger partial charge on any atom is -0.383 e. The van der Waals surface area contributed by atoms with Gasteiger partial charge in [-0.3, -0.25) is 0 Å². The highest BCUT2D eigenvalue weighted by atomic mass is 16.5. The fourth-order valence-corrected chi connectivity index (χ4v) is 3.76. The van der Waals surface area contributed by atoms with E-state index in [4.69, 9.17) is 14.7 Å². The molecule has 0 aliphatic rings. The zero-order valence-electron chi connectivity index (χ0n) is 18.1. The Morgan fingerprint density at radius 1 is 1.14 bits per heavy atom. The van der Waals surface area contributed by atoms with Crippen molar-refractivity contribution in [3.05, 3.63) is 41.2 Å². The molecule has 3 aromatic heterocycles. The molecular formula is C23H32N4O. The van der Waals surface area contributed by atoms with E-state index in [1.807, 2.05) is 7.05 Å². The van der Waals surface area contributed by atoms with Crippen molar-refractivity contribution < 1.29 is 4.74 Å². The Hall–Kier alpha value is -2.40. The number of hydrogen-bond donors (Lipinski definition) is 1. The maximum absolute atomic E-state index is 5.43. The molecule has 0 bridgehead atoms. The summed E-state index contributed by atoms with van der Waals surface area (Å²) in [5, 5.41) is 3.26. The summed E-state index contributed by atoms with van der Waals surface area (Å²) in [6, 6.07) is 6.81. The second-order valence-corrected chi connectivity index (χ2v) is 7.80. The van der Waals surface area contributed by atoms with Gasteiger partial charge in [-0.2, -0.15) is 0 Å². The van der Waals surface area contributed by atoms with E-state index in [1.54, 1.807) is 7.11 Å². The van der Waals surface area contributed by atoms with Crippen LogP contribution in [0.1, 0.15) is 56.0 Å². The number of pyridine rings is 2. The van der Waals surface area contributed by atoms with Gasteiger partial charge in [-0.05, 0) is 55.5 Å². The second-order valence-electron chi connectivity index (χ2n) is 7.80. The summed E-state index contributed by atoms with van der Waals surface area (Å²) in [6.45, 7) is 11.5. The van der Waals surface area contributed by atoms with Gasteiger partial charge in [-0.25, -0.2) is 9.97 Å². The molecule has 0 spiro atoms. The highest BCUT2D eigenvalue weighted by molar-refractivity contribution is 5.86. The number of anilines is 1. The molecule has 1 N–H and O–H groups in total. The van der Waals surface area contributed by atoms with Gasteiger partial charge in [0.1, 0.15) is 5.82 Å². The molecule has 1 atom stereocenters. The van der Waals surface area contributed by atoms with Gasteiger partial charge in [-0.15, -0.1) is 0 Å². The Bertz CT molecular complexity index is 974. The quantitative estimate of drug-likeness (QED) is 0.590. The third-order valence-electron chi connectivity index (χ3n) is 5.40. The van der Waals surface area contributed by atoms with Crippen LogP contribution in [0.4, 0.5) is 5.82 Å². The van der Waals surface area contributed by atoms with E-state index >= 15 is 0 Å². The molecule has 28 heavy (non-hydrogen) atoms. The first-order valence-corrected chi connectivity index (χ1v) is 10.1. The predicted molar refractivity (Wildman–Crippen MR) is 117 cm³/mol. The number of fused-ring (bicyclic) bond motifs is 1. The summed E-state index contributed by atoms with van der Waals surface area (Å²) in [6.07, 6.45) is 3.22. The van der Waals surface area contributed by atoms with E-state index in [1.165, 1.54) is 11.1 Å². The molecule has 0 radical (unpaired) electrons. The summed E-state index contributed by atoms with van der Waals surface area (Å²) in [5.74, 6) is 1.27. The van der Waals surface area contributed by atoms with Gasteiger partial charge in [-0.1, -0.05) is 20.8 Å². The molecule has 3 rings (SSSR count). The van der Waals surface area contributed by atoms with Crippen molar-refractivity contribution in [2.45, 2.75) is 53.0 Å². The number of methoxy groups -OCH3 is 1. The zero-order valence-corrected chi connectivity index (χ0v) is 18.1. The standard InChI is InChI=1S/C23H32N4O/c1-8-17(13-28-7)27-12-16(5)22-20(27)11-15(4)21(26-22)18-9-10-19(14(2)3)25-23(18)24-6/h9-12,14,17H,8,13H2,1-7H3,(H,24,25)/t17-/m1/s1. The van der Waals surface area contributed by atoms with Gasteiger partial charge in [0.05, 0.1) is 29.4 Å². The van der Waals surface area contributed by atoms with Crippen molar-refractivity contribution in [1.29, 1.82) is 0 Å². The van der Waals surface area contributed by atoms with Crippen LogP contribution in [0.2, 0.25) is 0 Å². The van der Waals surface area contributed by atoms with Crippen LogP contribution in [-0.2, 0) is 4.74 Å². The third kappa shape index (κ3) is 3.63. The van der Waals surface area contributed by atoms with Crippen molar-refractivity contribution in [3.63, 3.8) is 0 Å². The normalized spacial score (nSPS) is 12.7. The molecule has 0 fully saturated rings. The molecule has 3 aromatic rings. The minimum atomic E-state index is 0.313. The fraction of sp³-hybridized carbons (Fsp3) is 0.478. The maximum atomic E-state index is 5.43. The largest absolute Gasteiger partial charge is 0.383 e. The first-order valence-electron chi connectivity index (χ1n) is 10.1. The summed E-state index contributed by atoms with van der Waals surface area (Å²) >= 11 is 0. The molecule has 3 heterocycles. The van der Waals surface area contributed by atoms with E-state index in [0.29, 0.717) is 18.6 Å². The number of nitrogens with one attached hydrogen (secondary N) is 1. The van der Waals surface area contributed by atoms with Gasteiger partial charge in [0.15, 0.2) is 0 Å². The Morgan fingerprint density at radius 2 is 1.89 bits per heavy atom. The highest BCUT2D eigenvalue weighted by Gasteiger charge is 2.18. The number of ether oxygens (including phenoxy) is 1. The van der Waals surface area contributed by atoms with Crippen molar-refractivity contribution in [2.75, 3.05) is 26.1 Å². The minimum absolute atomic E-state index is 0.313. The van der Waals surface area contributed by atoms with Gasteiger partial charge >= 0.3 is 0 Å². The molecule has 0 unspecified atom stereocenters. The van der Waals surface area contributed by atoms with E-state index in [0.717, 1.165) is 40.3 Å². The molecule has 0 aliphatic heterocycles. The van der Waals surface area contributed by atoms with Crippen LogP contribution in [0.5, 0.6) is 0 Å². The topological polar surface area (TPSA) is 52.0 Å². The zero-order chi connectivity index (χ0) is 20.4. The van der Waals surface area contributed by atoms with Crippen molar-refractivity contribution in [3.8, 4) is 11.3 Å². The second kappa shape index (κ2) is 8.31. The maximum Gasteiger partial charge on any atom is 0.135 e. The molecule has 5 heteroatoms. The molecule has 0 aliphatic carbocycles. The first kappa shape index (κ1) is 20.3. The van der Waals surface area contributed by atoms with Crippen LogP contribution >= 0.6 is 0 Å². The van der Waals surface area contributed by atoms with Gasteiger partial charge in [0.25, 0.3) is 0 Å². The number of aromatic nitrogens is 3. The number of aryl methyl sites for hydroxylation is 2. The molecular weight excluding hydrogens is 348 g/mol. The summed E-state index contributed by atoms with van der Waals surface area (Å²) < 4.78 is 7.75. The lowest BCUT2D eigenvalue weighted by molar-refractivity contribution is 0.155. The molecule has 0 amide bonds. The third-order valence-corrected chi connectivity index (χ3v) is 5.40. The van der Waals surface area contributed by atoms with Crippen molar-refractivity contribution >= 4 is 16.9 Å². The number of nitrogens with zero attached hydrogens (tertiary/aromatic N) is 3. The van der Waals surface area contributed by atoms with Crippen LogP contribution in [0.15, 0.2) is 24.4 Å². The predicted octanol–water partition coefficient (Wildman–Crippen LogP) is 5.48. The highest BCUT2D eigenvalue weighted by Crippen LogP contribution is 2.33. The lowest BCUT2D eigenvalue weighted by Gasteiger charge is -2.18. The smallest absolute Gasteiger partial charge is 0.135 e. The number of hydrogen-bond acceptors (Lipinski definition) is 4. The monoisotopic (exact) mass is 380 g/mol. The molecule has 0 saturated heterocycles. The Labute approximate surface area is 168 Å².